The zero-order chi connectivity index (χ0) is 22.8. The topological polar surface area (TPSA) is 109 Å². The molecule has 0 atom stereocenters. The lowest BCUT2D eigenvalue weighted by molar-refractivity contribution is -0.113. The second-order valence-electron chi connectivity index (χ2n) is 6.26. The SMILES string of the molecule is Cc1cc(S(=O)(=O)c2cnc(SCC(=O)Nc3ccc(F)c(F)c3)[nH]c2=O)ccc1Br. The lowest BCUT2D eigenvalue weighted by atomic mass is 10.2. The molecule has 0 saturated carbocycles. The smallest absolute Gasteiger partial charge is 0.270 e. The fourth-order valence-corrected chi connectivity index (χ4v) is 4.65. The van der Waals surface area contributed by atoms with E-state index in [1.165, 1.54) is 18.2 Å². The maximum Gasteiger partial charge on any atom is 0.270 e. The number of nitrogens with one attached hydrogen (secondary N) is 2. The molecule has 12 heteroatoms. The van der Waals surface area contributed by atoms with Crippen molar-refractivity contribution >= 4 is 49.1 Å². The summed E-state index contributed by atoms with van der Waals surface area (Å²) in [5, 5.41) is 2.40. The van der Waals surface area contributed by atoms with E-state index in [-0.39, 0.29) is 21.5 Å². The Hall–Kier alpha value is -2.57. The second-order valence-corrected chi connectivity index (χ2v) is 10.00. The van der Waals surface area contributed by atoms with Crippen LogP contribution in [0.15, 0.2) is 66.8 Å². The molecule has 0 unspecified atom stereocenters. The highest BCUT2D eigenvalue weighted by atomic mass is 79.9. The second kappa shape index (κ2) is 9.28. The lowest BCUT2D eigenvalue weighted by Crippen LogP contribution is -2.20. The Morgan fingerprint density at radius 1 is 1.19 bits per heavy atom. The number of H-pyrrole nitrogens is 1. The van der Waals surface area contributed by atoms with Crippen LogP contribution in [0.5, 0.6) is 0 Å². The molecule has 0 saturated heterocycles. The Labute approximate surface area is 188 Å². The first-order valence-corrected chi connectivity index (χ1v) is 11.8. The van der Waals surface area contributed by atoms with Crippen LogP contribution in [-0.2, 0) is 14.6 Å². The molecule has 0 spiro atoms. The molecule has 0 fully saturated rings. The molecule has 1 heterocycles. The Kier molecular flexibility index (Phi) is 6.92. The number of amides is 1. The van der Waals surface area contributed by atoms with Crippen LogP contribution < -0.4 is 10.9 Å². The number of aromatic nitrogens is 2. The molecule has 2 aromatic carbocycles. The van der Waals surface area contributed by atoms with Gasteiger partial charge in [-0.3, -0.25) is 9.59 Å². The summed E-state index contributed by atoms with van der Waals surface area (Å²) in [6, 6.07) is 7.29. The summed E-state index contributed by atoms with van der Waals surface area (Å²) in [5.74, 6) is -2.91. The number of aromatic amines is 1. The monoisotopic (exact) mass is 529 g/mol. The molecule has 0 radical (unpaired) electrons. The number of thioether (sulfide) groups is 1. The number of aryl methyl sites for hydroxylation is 1. The van der Waals surface area contributed by atoms with Crippen LogP contribution in [-0.4, -0.2) is 30.0 Å². The van der Waals surface area contributed by atoms with Gasteiger partial charge in [0.2, 0.25) is 15.7 Å². The zero-order valence-electron chi connectivity index (χ0n) is 15.8. The number of rotatable bonds is 6. The normalized spacial score (nSPS) is 11.4. The highest BCUT2D eigenvalue weighted by molar-refractivity contribution is 9.10. The van der Waals surface area contributed by atoms with Gasteiger partial charge in [0.05, 0.1) is 16.8 Å². The fraction of sp³-hybridized carbons (Fsp3) is 0.105. The van der Waals surface area contributed by atoms with E-state index in [2.05, 4.69) is 31.2 Å². The largest absolute Gasteiger partial charge is 0.325 e. The molecule has 3 rings (SSSR count). The van der Waals surface area contributed by atoms with Crippen LogP contribution >= 0.6 is 27.7 Å². The van der Waals surface area contributed by atoms with Crippen LogP contribution in [0.4, 0.5) is 14.5 Å². The van der Waals surface area contributed by atoms with E-state index in [1.54, 1.807) is 13.0 Å². The number of hydrogen-bond acceptors (Lipinski definition) is 6. The van der Waals surface area contributed by atoms with Crippen LogP contribution in [0.25, 0.3) is 0 Å². The predicted octanol–water partition coefficient (Wildman–Crippen LogP) is 3.68. The van der Waals surface area contributed by atoms with Gasteiger partial charge >= 0.3 is 0 Å². The van der Waals surface area contributed by atoms with Crippen LogP contribution in [0.1, 0.15) is 5.56 Å². The van der Waals surface area contributed by atoms with Gasteiger partial charge in [-0.05, 0) is 42.8 Å². The van der Waals surface area contributed by atoms with E-state index in [0.717, 1.165) is 34.6 Å². The number of hydrogen-bond donors (Lipinski definition) is 2. The summed E-state index contributed by atoms with van der Waals surface area (Å²) in [4.78, 5) is 30.0. The number of sulfone groups is 1. The number of halogens is 3. The minimum Gasteiger partial charge on any atom is -0.325 e. The van der Waals surface area contributed by atoms with Crippen LogP contribution in [0.2, 0.25) is 0 Å². The number of anilines is 1. The molecular weight excluding hydrogens is 516 g/mol. The van der Waals surface area contributed by atoms with Gasteiger partial charge in [-0.15, -0.1) is 0 Å². The molecule has 0 aliphatic carbocycles. The highest BCUT2D eigenvalue weighted by Crippen LogP contribution is 2.24. The molecule has 7 nitrogen and oxygen atoms in total. The van der Waals surface area contributed by atoms with Gasteiger partial charge in [0, 0.05) is 16.2 Å². The molecular formula is C19H14BrF2N3O4S2. The van der Waals surface area contributed by atoms with Gasteiger partial charge in [0.15, 0.2) is 21.7 Å². The molecule has 0 bridgehead atoms. The van der Waals surface area contributed by atoms with Crippen LogP contribution in [0.3, 0.4) is 0 Å². The Bertz CT molecular complexity index is 1330. The molecule has 1 amide bonds. The van der Waals surface area contributed by atoms with E-state index >= 15 is 0 Å². The first-order valence-electron chi connectivity index (χ1n) is 8.56. The highest BCUT2D eigenvalue weighted by Gasteiger charge is 2.23. The summed E-state index contributed by atoms with van der Waals surface area (Å²) < 4.78 is 52.3. The van der Waals surface area contributed by atoms with Crippen molar-refractivity contribution < 1.29 is 22.0 Å². The standard InChI is InChI=1S/C19H14BrF2N3O4S2/c1-10-6-12(3-4-13(10)20)31(28,29)16-8-23-19(25-18(16)27)30-9-17(26)24-11-2-5-14(21)15(22)7-11/h2-8H,9H2,1H3,(H,24,26)(H,23,25,27). The Morgan fingerprint density at radius 2 is 1.94 bits per heavy atom. The van der Waals surface area contributed by atoms with Gasteiger partial charge in [-0.2, -0.15) is 0 Å². The third-order valence-corrected chi connectivity index (χ3v) is 7.54. The summed E-state index contributed by atoms with van der Waals surface area (Å²) in [6.07, 6.45) is 0.932. The molecule has 0 aliphatic heterocycles. The van der Waals surface area contributed by atoms with Crippen molar-refractivity contribution in [3.8, 4) is 0 Å². The number of benzene rings is 2. The summed E-state index contributed by atoms with van der Waals surface area (Å²) in [5.41, 5.74) is -0.124. The maximum absolute atomic E-state index is 13.2. The molecule has 162 valence electrons. The van der Waals surface area contributed by atoms with Gasteiger partial charge in [-0.1, -0.05) is 27.7 Å². The molecule has 2 N–H and O–H groups in total. The maximum atomic E-state index is 13.2. The van der Waals surface area contributed by atoms with E-state index < -0.39 is 37.8 Å². The van der Waals surface area contributed by atoms with Gasteiger partial charge in [0.25, 0.3) is 5.56 Å². The third-order valence-electron chi connectivity index (χ3n) is 4.02. The summed E-state index contributed by atoms with van der Waals surface area (Å²) in [7, 11) is -4.09. The Balaban J connectivity index is 1.71. The first kappa shape index (κ1) is 23.1. The van der Waals surface area contributed by atoms with E-state index in [0.29, 0.717) is 5.56 Å². The average Bonchev–Trinajstić information content (AvgIpc) is 2.71. The minimum atomic E-state index is -4.09. The zero-order valence-corrected chi connectivity index (χ0v) is 19.0. The van der Waals surface area contributed by atoms with E-state index in [4.69, 9.17) is 0 Å². The van der Waals surface area contributed by atoms with Crippen molar-refractivity contribution in [2.45, 2.75) is 21.9 Å². The Morgan fingerprint density at radius 3 is 2.58 bits per heavy atom. The van der Waals surface area contributed by atoms with Crippen molar-refractivity contribution in [2.24, 2.45) is 0 Å². The molecule has 3 aromatic rings. The van der Waals surface area contributed by atoms with Gasteiger partial charge in [-0.25, -0.2) is 22.2 Å². The minimum absolute atomic E-state index is 0.0244. The summed E-state index contributed by atoms with van der Waals surface area (Å²) in [6.45, 7) is 1.72. The lowest BCUT2D eigenvalue weighted by Gasteiger charge is -2.07. The first-order chi connectivity index (χ1) is 14.6. The number of nitrogens with zero attached hydrogens (tertiary/aromatic N) is 1. The summed E-state index contributed by atoms with van der Waals surface area (Å²) >= 11 is 4.13. The third kappa shape index (κ3) is 5.38. The van der Waals surface area contributed by atoms with Crippen LogP contribution in [0, 0.1) is 18.6 Å². The van der Waals surface area contributed by atoms with E-state index in [1.807, 2.05) is 0 Å². The van der Waals surface area contributed by atoms with Gasteiger partial charge in [0.1, 0.15) is 0 Å². The average molecular weight is 530 g/mol. The van der Waals surface area contributed by atoms with Crippen molar-refractivity contribution in [2.75, 3.05) is 11.1 Å². The fourth-order valence-electron chi connectivity index (χ4n) is 2.45. The quantitative estimate of drug-likeness (QED) is 0.372. The number of carbonyl (C=O) groups is 1. The molecule has 1 aromatic heterocycles. The predicted molar refractivity (Wildman–Crippen MR) is 115 cm³/mol. The van der Waals surface area contributed by atoms with Crippen molar-refractivity contribution in [1.29, 1.82) is 0 Å². The van der Waals surface area contributed by atoms with Crippen molar-refractivity contribution in [3.05, 3.63) is 74.6 Å². The molecule has 31 heavy (non-hydrogen) atoms. The van der Waals surface area contributed by atoms with Gasteiger partial charge < -0.3 is 10.3 Å². The van der Waals surface area contributed by atoms with E-state index in [9.17, 15) is 26.8 Å². The number of carbonyl (C=O) groups excluding carboxylic acids is 1. The molecule has 0 aliphatic rings. The van der Waals surface area contributed by atoms with Crippen molar-refractivity contribution in [1.82, 2.24) is 9.97 Å². The van der Waals surface area contributed by atoms with Crippen molar-refractivity contribution in [3.63, 3.8) is 0 Å².